The summed E-state index contributed by atoms with van der Waals surface area (Å²) in [5.41, 5.74) is 0.905. The first-order valence-corrected chi connectivity index (χ1v) is 4.98. The standard InChI is InChI=1S/C10H14ClNO3/c11-9-3-7(1-2-10(9)15)4-12-5-8(14)6-13/h1-3,8,12-15H,4-6H2. The molecule has 0 radical (unpaired) electrons. The fraction of sp³-hybridized carbons (Fsp3) is 0.400. The van der Waals surface area contributed by atoms with Gasteiger partial charge in [0.2, 0.25) is 0 Å². The lowest BCUT2D eigenvalue weighted by Gasteiger charge is -2.09. The van der Waals surface area contributed by atoms with Gasteiger partial charge in [0.05, 0.1) is 17.7 Å². The Morgan fingerprint density at radius 3 is 2.73 bits per heavy atom. The van der Waals surface area contributed by atoms with Crippen molar-refractivity contribution in [1.29, 1.82) is 0 Å². The molecule has 0 aliphatic rings. The normalized spacial score (nSPS) is 12.7. The molecule has 1 aromatic carbocycles. The van der Waals surface area contributed by atoms with E-state index in [9.17, 15) is 5.11 Å². The first-order chi connectivity index (χ1) is 7.13. The summed E-state index contributed by atoms with van der Waals surface area (Å²) in [6.07, 6.45) is -0.752. The first-order valence-electron chi connectivity index (χ1n) is 4.60. The number of phenolic OH excluding ortho intramolecular Hbond substituents is 1. The molecule has 0 saturated heterocycles. The third-order valence-corrected chi connectivity index (χ3v) is 2.23. The molecule has 1 aromatic rings. The number of halogens is 1. The average Bonchev–Trinajstić information content (AvgIpc) is 2.23. The zero-order valence-electron chi connectivity index (χ0n) is 8.15. The van der Waals surface area contributed by atoms with Gasteiger partial charge in [0.1, 0.15) is 5.75 Å². The van der Waals surface area contributed by atoms with Crippen LogP contribution in [0.5, 0.6) is 5.75 Å². The van der Waals surface area contributed by atoms with Crippen molar-refractivity contribution in [2.24, 2.45) is 0 Å². The molecular formula is C10H14ClNO3. The highest BCUT2D eigenvalue weighted by Gasteiger charge is 2.02. The molecule has 0 aliphatic heterocycles. The largest absolute Gasteiger partial charge is 0.506 e. The molecule has 0 amide bonds. The highest BCUT2D eigenvalue weighted by Crippen LogP contribution is 2.23. The molecule has 0 aliphatic carbocycles. The molecule has 0 bridgehead atoms. The summed E-state index contributed by atoms with van der Waals surface area (Å²) in [5.74, 6) is 0.0517. The minimum Gasteiger partial charge on any atom is -0.506 e. The molecule has 1 atom stereocenters. The monoisotopic (exact) mass is 231 g/mol. The summed E-state index contributed by atoms with van der Waals surface area (Å²) in [7, 11) is 0. The third-order valence-electron chi connectivity index (χ3n) is 1.93. The predicted octanol–water partition coefficient (Wildman–Crippen LogP) is 0.488. The van der Waals surface area contributed by atoms with Crippen LogP contribution >= 0.6 is 11.6 Å². The van der Waals surface area contributed by atoms with Gasteiger partial charge in [0.25, 0.3) is 0 Å². The zero-order valence-corrected chi connectivity index (χ0v) is 8.91. The number of hydrogen-bond donors (Lipinski definition) is 4. The number of hydrogen-bond acceptors (Lipinski definition) is 4. The molecule has 0 fully saturated rings. The van der Waals surface area contributed by atoms with Crippen molar-refractivity contribution >= 4 is 11.6 Å². The molecule has 15 heavy (non-hydrogen) atoms. The van der Waals surface area contributed by atoms with Gasteiger partial charge in [-0.3, -0.25) is 0 Å². The number of nitrogens with one attached hydrogen (secondary N) is 1. The summed E-state index contributed by atoms with van der Waals surface area (Å²) in [5, 5.41) is 30.0. The highest BCUT2D eigenvalue weighted by molar-refractivity contribution is 6.32. The van der Waals surface area contributed by atoms with Crippen LogP contribution in [0.2, 0.25) is 5.02 Å². The Balaban J connectivity index is 2.41. The molecule has 0 spiro atoms. The van der Waals surface area contributed by atoms with E-state index in [2.05, 4.69) is 5.32 Å². The summed E-state index contributed by atoms with van der Waals surface area (Å²) in [4.78, 5) is 0. The van der Waals surface area contributed by atoms with Gasteiger partial charge >= 0.3 is 0 Å². The van der Waals surface area contributed by atoms with E-state index in [1.165, 1.54) is 6.07 Å². The van der Waals surface area contributed by atoms with E-state index in [4.69, 9.17) is 21.8 Å². The second-order valence-electron chi connectivity index (χ2n) is 3.25. The second-order valence-corrected chi connectivity index (χ2v) is 3.66. The fourth-order valence-electron chi connectivity index (χ4n) is 1.11. The molecule has 1 unspecified atom stereocenters. The molecular weight excluding hydrogens is 218 g/mol. The average molecular weight is 232 g/mol. The number of aromatic hydroxyl groups is 1. The van der Waals surface area contributed by atoms with Crippen molar-refractivity contribution in [1.82, 2.24) is 5.32 Å². The van der Waals surface area contributed by atoms with Crippen molar-refractivity contribution in [2.75, 3.05) is 13.2 Å². The Morgan fingerprint density at radius 2 is 2.13 bits per heavy atom. The topological polar surface area (TPSA) is 72.7 Å². The molecule has 4 N–H and O–H groups in total. The third kappa shape index (κ3) is 4.05. The van der Waals surface area contributed by atoms with Gasteiger partial charge in [-0.2, -0.15) is 0 Å². The summed E-state index contributed by atoms with van der Waals surface area (Å²) < 4.78 is 0. The van der Waals surface area contributed by atoms with Gasteiger partial charge in [-0.15, -0.1) is 0 Å². The number of benzene rings is 1. The van der Waals surface area contributed by atoms with E-state index >= 15 is 0 Å². The SMILES string of the molecule is OCC(O)CNCc1ccc(O)c(Cl)c1. The van der Waals surface area contributed by atoms with Crippen molar-refractivity contribution in [3.63, 3.8) is 0 Å². The van der Waals surface area contributed by atoms with E-state index in [1.807, 2.05) is 0 Å². The molecule has 0 aromatic heterocycles. The molecule has 0 heterocycles. The van der Waals surface area contributed by atoms with Crippen molar-refractivity contribution in [2.45, 2.75) is 12.6 Å². The molecule has 4 nitrogen and oxygen atoms in total. The lowest BCUT2D eigenvalue weighted by atomic mass is 10.2. The highest BCUT2D eigenvalue weighted by atomic mass is 35.5. The van der Waals surface area contributed by atoms with Crippen LogP contribution in [-0.4, -0.2) is 34.6 Å². The van der Waals surface area contributed by atoms with Crippen molar-refractivity contribution in [3.05, 3.63) is 28.8 Å². The first kappa shape index (κ1) is 12.3. The summed E-state index contributed by atoms with van der Waals surface area (Å²) in [6.45, 7) is 0.579. The molecule has 1 rings (SSSR count). The Labute approximate surface area is 93.1 Å². The zero-order chi connectivity index (χ0) is 11.3. The van der Waals surface area contributed by atoms with Crippen LogP contribution in [0.1, 0.15) is 5.56 Å². The quantitative estimate of drug-likeness (QED) is 0.595. The van der Waals surface area contributed by atoms with Gasteiger partial charge in [0, 0.05) is 13.1 Å². The van der Waals surface area contributed by atoms with E-state index in [0.29, 0.717) is 18.1 Å². The Hall–Kier alpha value is -0.810. The lowest BCUT2D eigenvalue weighted by Crippen LogP contribution is -2.28. The van der Waals surface area contributed by atoms with Crippen LogP contribution in [-0.2, 0) is 6.54 Å². The summed E-state index contributed by atoms with van der Waals surface area (Å²) >= 11 is 5.72. The lowest BCUT2D eigenvalue weighted by molar-refractivity contribution is 0.0942. The predicted molar refractivity (Wildman–Crippen MR) is 57.9 cm³/mol. The number of phenols is 1. The van der Waals surface area contributed by atoms with Crippen LogP contribution in [0, 0.1) is 0 Å². The van der Waals surface area contributed by atoms with E-state index in [0.717, 1.165) is 5.56 Å². The smallest absolute Gasteiger partial charge is 0.134 e. The van der Waals surface area contributed by atoms with Crippen LogP contribution in [0.15, 0.2) is 18.2 Å². The summed E-state index contributed by atoms with van der Waals surface area (Å²) in [6, 6.07) is 4.90. The van der Waals surface area contributed by atoms with E-state index < -0.39 is 6.10 Å². The van der Waals surface area contributed by atoms with Crippen LogP contribution in [0.3, 0.4) is 0 Å². The van der Waals surface area contributed by atoms with Gasteiger partial charge in [-0.05, 0) is 17.7 Å². The van der Waals surface area contributed by atoms with Crippen LogP contribution in [0.25, 0.3) is 0 Å². The minimum absolute atomic E-state index is 0.0517. The second kappa shape index (κ2) is 5.92. The van der Waals surface area contributed by atoms with Crippen molar-refractivity contribution < 1.29 is 15.3 Å². The number of rotatable bonds is 5. The van der Waals surface area contributed by atoms with Crippen LogP contribution < -0.4 is 5.32 Å². The van der Waals surface area contributed by atoms with Gasteiger partial charge in [-0.25, -0.2) is 0 Å². The van der Waals surface area contributed by atoms with Crippen molar-refractivity contribution in [3.8, 4) is 5.75 Å². The Kier molecular flexibility index (Phi) is 4.84. The Bertz CT molecular complexity index is 320. The number of aliphatic hydroxyl groups excluding tert-OH is 2. The maximum absolute atomic E-state index is 9.17. The van der Waals surface area contributed by atoms with E-state index in [-0.39, 0.29) is 12.4 Å². The molecule has 5 heteroatoms. The number of aliphatic hydroxyl groups is 2. The fourth-order valence-corrected chi connectivity index (χ4v) is 1.31. The minimum atomic E-state index is -0.752. The Morgan fingerprint density at radius 1 is 1.40 bits per heavy atom. The maximum Gasteiger partial charge on any atom is 0.134 e. The molecule has 0 saturated carbocycles. The van der Waals surface area contributed by atoms with E-state index in [1.54, 1.807) is 12.1 Å². The van der Waals surface area contributed by atoms with Crippen LogP contribution in [0.4, 0.5) is 0 Å². The van der Waals surface area contributed by atoms with Gasteiger partial charge in [0.15, 0.2) is 0 Å². The van der Waals surface area contributed by atoms with Gasteiger partial charge in [-0.1, -0.05) is 17.7 Å². The molecule has 84 valence electrons. The van der Waals surface area contributed by atoms with Gasteiger partial charge < -0.3 is 20.6 Å². The maximum atomic E-state index is 9.17.